The van der Waals surface area contributed by atoms with Gasteiger partial charge >= 0.3 is 0 Å². The topological polar surface area (TPSA) is 82.5 Å². The lowest BCUT2D eigenvalue weighted by Crippen LogP contribution is -2.24. The van der Waals surface area contributed by atoms with E-state index >= 15 is 0 Å². The second kappa shape index (κ2) is 17.4. The molecule has 0 atom stereocenters. The van der Waals surface area contributed by atoms with Crippen LogP contribution in [0.1, 0.15) is 28.8 Å². The molecule has 8 rings (SSSR count). The number of allylic oxidation sites excluding steroid dienone is 9. The Hall–Kier alpha value is -7.16. The smallest absolute Gasteiger partial charge is 0.212 e. The third-order valence-electron chi connectivity index (χ3n) is 10.3. The average Bonchev–Trinajstić information content (AvgIpc) is 3.96. The first kappa shape index (κ1) is 39.7. The fourth-order valence-electron chi connectivity index (χ4n) is 7.44. The lowest BCUT2D eigenvalue weighted by Gasteiger charge is -2.12. The number of oxazole rings is 1. The zero-order chi connectivity index (χ0) is 41.8. The molecule has 0 N–H and O–H groups in total. The van der Waals surface area contributed by atoms with Crippen molar-refractivity contribution in [1.29, 1.82) is 0 Å². The second-order valence-electron chi connectivity index (χ2n) is 14.3. The Balaban J connectivity index is 1.17. The predicted octanol–water partition coefficient (Wildman–Crippen LogP) is 10.1. The van der Waals surface area contributed by atoms with Gasteiger partial charge in [0.25, 0.3) is 0 Å². The van der Waals surface area contributed by atoms with Crippen LogP contribution < -0.4 is 11.4 Å². The highest BCUT2D eigenvalue weighted by Crippen LogP contribution is 2.34. The van der Waals surface area contributed by atoms with Gasteiger partial charge in [-0.15, -0.1) is 11.3 Å². The monoisotopic (exact) mass is 796 g/mol. The molecule has 8 aromatic rings. The first-order chi connectivity index (χ1) is 29.3. The number of rotatable bonds is 13. The van der Waals surface area contributed by atoms with Crippen molar-refractivity contribution >= 4 is 76.9 Å². The lowest BCUT2D eigenvalue weighted by atomic mass is 9.74. The normalized spacial score (nSPS) is 12.4. The van der Waals surface area contributed by atoms with Crippen molar-refractivity contribution in [3.63, 3.8) is 0 Å². The van der Waals surface area contributed by atoms with E-state index in [2.05, 4.69) is 98.5 Å². The summed E-state index contributed by atoms with van der Waals surface area (Å²) in [5.41, 5.74) is 13.7. The molecule has 4 heterocycles. The molecule has 0 aliphatic rings. The van der Waals surface area contributed by atoms with Crippen molar-refractivity contribution < 1.29 is 4.42 Å². The zero-order valence-electron chi connectivity index (χ0n) is 34.2. The minimum atomic E-state index is 0.587. The summed E-state index contributed by atoms with van der Waals surface area (Å²) in [5.74, 6) is 2.47. The van der Waals surface area contributed by atoms with Crippen molar-refractivity contribution in [1.82, 2.24) is 29.5 Å². The van der Waals surface area contributed by atoms with Gasteiger partial charge in [-0.25, -0.2) is 24.9 Å². The van der Waals surface area contributed by atoms with Crippen LogP contribution in [0.2, 0.25) is 6.82 Å². The molecule has 0 saturated heterocycles. The van der Waals surface area contributed by atoms with Gasteiger partial charge in [0.05, 0.1) is 10.2 Å². The standard InChI is InChI=1S/C50H42B2N6OS/c1-7-10-22-39-32(5)58(38-24-25-43-41(30-38)54-50(51)59-43)45(52-6)40(39)28-33(9-3)31(4)27-37(17-8-2)49-53-42-29-36(23-26-44(42)60-49)48-56-46(34-18-13-11-14-19-34)55-47(57-48)35-20-15-12-16-21-35/h7-30,52H,1-3,51H2,4-6H3/b22-10-,31-27+,33-28+,37-17+. The molecule has 0 bridgehead atoms. The minimum Gasteiger partial charge on any atom is -0.452 e. The van der Waals surface area contributed by atoms with Crippen LogP contribution in [0.4, 0.5) is 0 Å². The molecule has 290 valence electrons. The molecule has 60 heavy (non-hydrogen) atoms. The number of aromatic nitrogens is 6. The molecule has 0 aliphatic carbocycles. The fourth-order valence-corrected chi connectivity index (χ4v) is 8.38. The van der Waals surface area contributed by atoms with E-state index in [4.69, 9.17) is 24.4 Å². The van der Waals surface area contributed by atoms with Gasteiger partial charge in [0, 0.05) is 39.2 Å². The zero-order valence-corrected chi connectivity index (χ0v) is 35.0. The molecule has 0 spiro atoms. The Labute approximate surface area is 356 Å². The Bertz CT molecular complexity index is 3000. The molecule has 4 aromatic carbocycles. The third kappa shape index (κ3) is 7.97. The van der Waals surface area contributed by atoms with Crippen LogP contribution in [0.5, 0.6) is 0 Å². The predicted molar refractivity (Wildman–Crippen MR) is 258 cm³/mol. The molecule has 10 heteroatoms. The summed E-state index contributed by atoms with van der Waals surface area (Å²) in [5, 5.41) is 0.875. The van der Waals surface area contributed by atoms with Gasteiger partial charge < -0.3 is 8.98 Å². The Morgan fingerprint density at radius 3 is 2.08 bits per heavy atom. The fraction of sp³-hybridized carbons (Fsp3) is 0.0600. The van der Waals surface area contributed by atoms with Gasteiger partial charge in [-0.2, -0.15) is 0 Å². The van der Waals surface area contributed by atoms with E-state index in [-0.39, 0.29) is 0 Å². The van der Waals surface area contributed by atoms with Gasteiger partial charge in [-0.05, 0) is 84.7 Å². The van der Waals surface area contributed by atoms with Gasteiger partial charge in [0.1, 0.15) is 16.3 Å². The van der Waals surface area contributed by atoms with Crippen LogP contribution in [0.3, 0.4) is 0 Å². The highest BCUT2D eigenvalue weighted by molar-refractivity contribution is 7.19. The maximum Gasteiger partial charge on any atom is 0.212 e. The molecule has 4 aromatic heterocycles. The van der Waals surface area contributed by atoms with Gasteiger partial charge in [-0.3, -0.25) is 0 Å². The molecular weight excluding hydrogens is 754 g/mol. The quantitative estimate of drug-likeness (QED) is 0.0854. The summed E-state index contributed by atoms with van der Waals surface area (Å²) in [6.07, 6.45) is 16.0. The van der Waals surface area contributed by atoms with E-state index < -0.39 is 0 Å². The lowest BCUT2D eigenvalue weighted by molar-refractivity contribution is 0.644. The highest BCUT2D eigenvalue weighted by atomic mass is 32.1. The summed E-state index contributed by atoms with van der Waals surface area (Å²) in [6.45, 7) is 18.7. The van der Waals surface area contributed by atoms with Crippen LogP contribution >= 0.6 is 11.3 Å². The largest absolute Gasteiger partial charge is 0.452 e. The molecule has 0 fully saturated rings. The van der Waals surface area contributed by atoms with Crippen LogP contribution in [0.15, 0.2) is 169 Å². The van der Waals surface area contributed by atoms with Gasteiger partial charge in [0.2, 0.25) is 7.85 Å². The van der Waals surface area contributed by atoms with Gasteiger partial charge in [0.15, 0.2) is 30.3 Å². The Morgan fingerprint density at radius 1 is 0.767 bits per heavy atom. The van der Waals surface area contributed by atoms with Crippen LogP contribution in [0.25, 0.3) is 78.9 Å². The van der Waals surface area contributed by atoms with Gasteiger partial charge in [-0.1, -0.05) is 124 Å². The Morgan fingerprint density at radius 2 is 1.45 bits per heavy atom. The molecule has 7 nitrogen and oxygen atoms in total. The second-order valence-corrected chi connectivity index (χ2v) is 15.3. The van der Waals surface area contributed by atoms with Crippen molar-refractivity contribution in [2.75, 3.05) is 0 Å². The molecule has 0 unspecified atom stereocenters. The van der Waals surface area contributed by atoms with Crippen molar-refractivity contribution in [2.24, 2.45) is 0 Å². The van der Waals surface area contributed by atoms with E-state index in [1.54, 1.807) is 23.5 Å². The van der Waals surface area contributed by atoms with E-state index in [0.29, 0.717) is 23.3 Å². The number of thiazole rings is 1. The van der Waals surface area contributed by atoms with Crippen molar-refractivity contribution in [2.45, 2.75) is 20.7 Å². The first-order valence-corrected chi connectivity index (χ1v) is 20.6. The molecule has 0 amide bonds. The summed E-state index contributed by atoms with van der Waals surface area (Å²) in [4.78, 5) is 24.5. The molecule has 0 aliphatic heterocycles. The third-order valence-corrected chi connectivity index (χ3v) is 11.4. The number of fused-ring (bicyclic) bond motifs is 2. The average molecular weight is 797 g/mol. The van der Waals surface area contributed by atoms with E-state index in [1.807, 2.05) is 92.8 Å². The van der Waals surface area contributed by atoms with Crippen LogP contribution in [0, 0.1) is 6.92 Å². The molecular formula is C50H42B2N6OS. The molecule has 0 saturated carbocycles. The van der Waals surface area contributed by atoms with E-state index in [9.17, 15) is 0 Å². The highest BCUT2D eigenvalue weighted by Gasteiger charge is 2.20. The van der Waals surface area contributed by atoms with Crippen molar-refractivity contribution in [3.05, 3.63) is 186 Å². The number of hydrogen-bond donors (Lipinski definition) is 0. The summed E-state index contributed by atoms with van der Waals surface area (Å²) >= 11 is 1.63. The summed E-state index contributed by atoms with van der Waals surface area (Å²) in [6, 6.07) is 32.4. The molecule has 0 radical (unpaired) electrons. The first-order valence-electron chi connectivity index (χ1n) is 19.8. The van der Waals surface area contributed by atoms with Crippen LogP contribution in [-0.2, 0) is 0 Å². The maximum atomic E-state index is 5.79. The Kier molecular flexibility index (Phi) is 11.5. The van der Waals surface area contributed by atoms with Crippen molar-refractivity contribution in [3.8, 4) is 39.9 Å². The minimum absolute atomic E-state index is 0.587. The van der Waals surface area contributed by atoms with E-state index in [0.717, 1.165) is 89.5 Å². The SMILES string of the molecule is Bc1nc2cc(-n3c(C)c(/C=C\C=C)c(/C=C(C=C)/C(C)=C/C(=C\C=C)c4nc5cc(-c6nc(-c7ccccc7)nc(-c7ccccc7)n6)ccc5s4)c3BC)ccc2o1. The maximum absolute atomic E-state index is 5.79. The summed E-state index contributed by atoms with van der Waals surface area (Å²) in [7, 11) is 2.68. The summed E-state index contributed by atoms with van der Waals surface area (Å²) < 4.78 is 9.16. The number of benzene rings is 4. The number of hydrogen-bond acceptors (Lipinski definition) is 7. The van der Waals surface area contributed by atoms with Crippen LogP contribution in [-0.4, -0.2) is 44.6 Å². The number of nitrogens with zero attached hydrogens (tertiary/aromatic N) is 6. The van der Waals surface area contributed by atoms with E-state index in [1.165, 1.54) is 5.59 Å².